The summed E-state index contributed by atoms with van der Waals surface area (Å²) in [4.78, 5) is 24.1. The van der Waals surface area contributed by atoms with Crippen molar-refractivity contribution in [1.82, 2.24) is 0 Å². The predicted octanol–water partition coefficient (Wildman–Crippen LogP) is 2.88. The fourth-order valence-electron chi connectivity index (χ4n) is 1.79. The van der Waals surface area contributed by atoms with Crippen LogP contribution in [-0.2, 0) is 4.74 Å². The zero-order valence-electron chi connectivity index (χ0n) is 12.5. The summed E-state index contributed by atoms with van der Waals surface area (Å²) in [6.07, 6.45) is 0.659. The Labute approximate surface area is 132 Å². The molecular weight excluding hydrogens is 300 g/mol. The molecule has 0 amide bonds. The van der Waals surface area contributed by atoms with Crippen LogP contribution in [-0.4, -0.2) is 28.8 Å². The first-order chi connectivity index (χ1) is 11.0. The number of hydrogen-bond acceptors (Lipinski definition) is 6. The third-order valence-corrected chi connectivity index (χ3v) is 2.93. The molecule has 6 nitrogen and oxygen atoms in total. The predicted molar refractivity (Wildman–Crippen MR) is 81.7 cm³/mol. The smallest absolute Gasteiger partial charge is 0.343 e. The van der Waals surface area contributed by atoms with Gasteiger partial charge in [-0.1, -0.05) is 6.92 Å². The minimum atomic E-state index is -0.722. The Bertz CT molecular complexity index is 706. The van der Waals surface area contributed by atoms with Crippen molar-refractivity contribution in [1.29, 1.82) is 0 Å². The van der Waals surface area contributed by atoms with Gasteiger partial charge >= 0.3 is 11.9 Å². The Morgan fingerprint density at radius 2 is 1.61 bits per heavy atom. The van der Waals surface area contributed by atoms with Gasteiger partial charge < -0.3 is 19.7 Å². The number of rotatable bonds is 5. The van der Waals surface area contributed by atoms with Gasteiger partial charge in [-0.3, -0.25) is 0 Å². The first kappa shape index (κ1) is 16.4. The van der Waals surface area contributed by atoms with Gasteiger partial charge in [0.1, 0.15) is 22.8 Å². The Morgan fingerprint density at radius 3 is 2.26 bits per heavy atom. The van der Waals surface area contributed by atoms with Crippen LogP contribution in [0.2, 0.25) is 0 Å². The third kappa shape index (κ3) is 4.23. The maximum Gasteiger partial charge on any atom is 0.343 e. The monoisotopic (exact) mass is 316 g/mol. The summed E-state index contributed by atoms with van der Waals surface area (Å²) in [6.45, 7) is 2.10. The number of benzene rings is 2. The van der Waals surface area contributed by atoms with Gasteiger partial charge in [0.25, 0.3) is 0 Å². The molecule has 0 heterocycles. The van der Waals surface area contributed by atoms with Crippen LogP contribution >= 0.6 is 0 Å². The van der Waals surface area contributed by atoms with E-state index < -0.39 is 11.9 Å². The average Bonchev–Trinajstić information content (AvgIpc) is 2.53. The van der Waals surface area contributed by atoms with E-state index in [9.17, 15) is 19.8 Å². The van der Waals surface area contributed by atoms with Gasteiger partial charge in [-0.2, -0.15) is 0 Å². The number of ether oxygens (including phenoxy) is 2. The molecule has 0 saturated carbocycles. The maximum atomic E-state index is 12.1. The molecule has 0 fully saturated rings. The highest BCUT2D eigenvalue weighted by atomic mass is 16.5. The molecule has 2 N–H and O–H groups in total. The summed E-state index contributed by atoms with van der Waals surface area (Å²) in [5.41, 5.74) is 0.238. The van der Waals surface area contributed by atoms with Gasteiger partial charge in [-0.05, 0) is 42.8 Å². The molecule has 0 aromatic heterocycles. The van der Waals surface area contributed by atoms with E-state index in [0.29, 0.717) is 6.42 Å². The number of carbonyl (C=O) groups is 2. The molecule has 0 atom stereocenters. The summed E-state index contributed by atoms with van der Waals surface area (Å²) in [5, 5.41) is 18.8. The number of hydrogen-bond donors (Lipinski definition) is 2. The molecule has 0 unspecified atom stereocenters. The molecule has 2 aromatic rings. The highest BCUT2D eigenvalue weighted by Crippen LogP contribution is 2.26. The third-order valence-electron chi connectivity index (χ3n) is 2.93. The van der Waals surface area contributed by atoms with Crippen LogP contribution in [0.3, 0.4) is 0 Å². The molecule has 2 aromatic carbocycles. The Balaban J connectivity index is 2.24. The molecule has 6 heteroatoms. The van der Waals surface area contributed by atoms with Crippen LogP contribution in [0.4, 0.5) is 0 Å². The van der Waals surface area contributed by atoms with Gasteiger partial charge in [0.05, 0.1) is 12.2 Å². The summed E-state index contributed by atoms with van der Waals surface area (Å²) in [7, 11) is 0. The summed E-state index contributed by atoms with van der Waals surface area (Å²) < 4.78 is 10.2. The lowest BCUT2D eigenvalue weighted by atomic mass is 10.2. The lowest BCUT2D eigenvalue weighted by Crippen LogP contribution is -2.13. The van der Waals surface area contributed by atoms with E-state index >= 15 is 0 Å². The van der Waals surface area contributed by atoms with E-state index in [2.05, 4.69) is 0 Å². The quantitative estimate of drug-likeness (QED) is 0.651. The number of phenols is 2. The zero-order chi connectivity index (χ0) is 16.8. The fraction of sp³-hybridized carbons (Fsp3) is 0.176. The first-order valence-corrected chi connectivity index (χ1v) is 7.02. The van der Waals surface area contributed by atoms with Crippen molar-refractivity contribution in [3.63, 3.8) is 0 Å². The summed E-state index contributed by atoms with van der Waals surface area (Å²) >= 11 is 0. The Morgan fingerprint density at radius 1 is 0.957 bits per heavy atom. The summed E-state index contributed by atoms with van der Waals surface area (Å²) in [5.74, 6) is -1.59. The first-order valence-electron chi connectivity index (χ1n) is 7.02. The van der Waals surface area contributed by atoms with Crippen molar-refractivity contribution in [3.05, 3.63) is 53.6 Å². The van der Waals surface area contributed by atoms with Crippen molar-refractivity contribution < 1.29 is 29.3 Å². The molecular formula is C17H16O6. The fourth-order valence-corrected chi connectivity index (χ4v) is 1.79. The Kier molecular flexibility index (Phi) is 5.19. The van der Waals surface area contributed by atoms with Crippen LogP contribution < -0.4 is 4.74 Å². The second-order valence-corrected chi connectivity index (χ2v) is 4.75. The number of esters is 2. The van der Waals surface area contributed by atoms with Crippen molar-refractivity contribution in [2.45, 2.75) is 13.3 Å². The Hall–Kier alpha value is -3.02. The van der Waals surface area contributed by atoms with Crippen molar-refractivity contribution >= 4 is 11.9 Å². The standard InChI is InChI=1S/C17H16O6/c1-2-9-22-17(21)14-8-7-13(19)10-15(14)23-16(20)11-3-5-12(18)6-4-11/h3-8,10,18-19H,2,9H2,1H3. The average molecular weight is 316 g/mol. The highest BCUT2D eigenvalue weighted by Gasteiger charge is 2.18. The SMILES string of the molecule is CCCOC(=O)c1ccc(O)cc1OC(=O)c1ccc(O)cc1. The maximum absolute atomic E-state index is 12.1. The minimum Gasteiger partial charge on any atom is -0.508 e. The van der Waals surface area contributed by atoms with Crippen molar-refractivity contribution in [2.24, 2.45) is 0 Å². The van der Waals surface area contributed by atoms with Crippen LogP contribution in [0.1, 0.15) is 34.1 Å². The molecule has 0 aliphatic carbocycles. The van der Waals surface area contributed by atoms with E-state index in [-0.39, 0.29) is 35.0 Å². The number of phenolic OH excluding ortho intramolecular Hbond substituents is 2. The lowest BCUT2D eigenvalue weighted by molar-refractivity contribution is 0.0499. The normalized spacial score (nSPS) is 10.1. The van der Waals surface area contributed by atoms with E-state index in [4.69, 9.17) is 9.47 Å². The second kappa shape index (κ2) is 7.31. The largest absolute Gasteiger partial charge is 0.508 e. The van der Waals surface area contributed by atoms with Gasteiger partial charge in [0.2, 0.25) is 0 Å². The topological polar surface area (TPSA) is 93.1 Å². The van der Waals surface area contributed by atoms with Gasteiger partial charge in [-0.25, -0.2) is 9.59 Å². The molecule has 0 spiro atoms. The molecule has 0 saturated heterocycles. The molecule has 0 radical (unpaired) electrons. The second-order valence-electron chi connectivity index (χ2n) is 4.75. The van der Waals surface area contributed by atoms with Crippen LogP contribution in [0.25, 0.3) is 0 Å². The molecule has 0 aliphatic rings. The van der Waals surface area contributed by atoms with Crippen LogP contribution in [0.5, 0.6) is 17.2 Å². The van der Waals surface area contributed by atoms with Crippen molar-refractivity contribution in [2.75, 3.05) is 6.61 Å². The van der Waals surface area contributed by atoms with Crippen molar-refractivity contribution in [3.8, 4) is 17.2 Å². The molecule has 23 heavy (non-hydrogen) atoms. The number of aromatic hydroxyl groups is 2. The zero-order valence-corrected chi connectivity index (χ0v) is 12.5. The van der Waals surface area contributed by atoms with Gasteiger partial charge in [0, 0.05) is 6.07 Å². The van der Waals surface area contributed by atoms with Gasteiger partial charge in [0.15, 0.2) is 0 Å². The minimum absolute atomic E-state index is 0.0164. The van der Waals surface area contributed by atoms with Crippen LogP contribution in [0, 0.1) is 0 Å². The highest BCUT2D eigenvalue weighted by molar-refractivity contribution is 5.96. The van der Waals surface area contributed by atoms with Gasteiger partial charge in [-0.15, -0.1) is 0 Å². The van der Waals surface area contributed by atoms with Crippen LogP contribution in [0.15, 0.2) is 42.5 Å². The van der Waals surface area contributed by atoms with E-state index in [1.54, 1.807) is 0 Å². The van der Waals surface area contributed by atoms with E-state index in [1.807, 2.05) is 6.92 Å². The molecule has 0 bridgehead atoms. The molecule has 0 aliphatic heterocycles. The van der Waals surface area contributed by atoms with E-state index in [1.165, 1.54) is 42.5 Å². The number of carbonyl (C=O) groups excluding carboxylic acids is 2. The lowest BCUT2D eigenvalue weighted by Gasteiger charge is -2.10. The summed E-state index contributed by atoms with van der Waals surface area (Å²) in [6, 6.07) is 9.25. The molecule has 2 rings (SSSR count). The van der Waals surface area contributed by atoms with E-state index in [0.717, 1.165) is 0 Å². The molecule has 120 valence electrons.